The molecule has 4 nitrogen and oxygen atoms in total. The molecule has 1 aliphatic carbocycles. The number of likely N-dealkylation sites (tertiary alicyclic amines) is 1. The third-order valence-electron chi connectivity index (χ3n) is 4.74. The zero-order valence-electron chi connectivity index (χ0n) is 11.8. The Bertz CT molecular complexity index is 541. The lowest BCUT2D eigenvalue weighted by molar-refractivity contribution is 0.0682. The molecule has 1 saturated carbocycles. The Morgan fingerprint density at radius 1 is 1.25 bits per heavy atom. The standard InChI is InChI=1S/C16H20N2O2/c1-17-13-9-18(8-11-6-7-11)10-15(13)20-14-5-3-2-4-12(14)16(17)19/h2-5,11,13,15H,6-10H2,1H3/t13-,15+/m1/s1. The monoisotopic (exact) mass is 272 g/mol. The maximum atomic E-state index is 12.5. The normalized spacial score (nSPS) is 29.6. The number of amides is 1. The van der Waals surface area contributed by atoms with Gasteiger partial charge in [0.1, 0.15) is 11.9 Å². The Balaban J connectivity index is 1.60. The zero-order valence-corrected chi connectivity index (χ0v) is 11.8. The number of ether oxygens (including phenoxy) is 1. The third-order valence-corrected chi connectivity index (χ3v) is 4.74. The minimum atomic E-state index is 0.0846. The molecule has 0 unspecified atom stereocenters. The maximum absolute atomic E-state index is 12.5. The molecule has 2 fully saturated rings. The predicted molar refractivity (Wildman–Crippen MR) is 75.9 cm³/mol. The van der Waals surface area contributed by atoms with E-state index in [2.05, 4.69) is 4.90 Å². The van der Waals surface area contributed by atoms with Crippen molar-refractivity contribution in [3.05, 3.63) is 29.8 Å². The van der Waals surface area contributed by atoms with Crippen LogP contribution in [0.3, 0.4) is 0 Å². The van der Waals surface area contributed by atoms with Crippen LogP contribution in [0, 0.1) is 5.92 Å². The third kappa shape index (κ3) is 1.99. The molecule has 106 valence electrons. The van der Waals surface area contributed by atoms with Gasteiger partial charge < -0.3 is 9.64 Å². The topological polar surface area (TPSA) is 32.8 Å². The Morgan fingerprint density at radius 2 is 2.05 bits per heavy atom. The summed E-state index contributed by atoms with van der Waals surface area (Å²) in [5, 5.41) is 0. The molecule has 0 spiro atoms. The Kier molecular flexibility index (Phi) is 2.74. The second kappa shape index (κ2) is 4.48. The minimum absolute atomic E-state index is 0.0846. The van der Waals surface area contributed by atoms with Crippen molar-refractivity contribution in [3.63, 3.8) is 0 Å². The van der Waals surface area contributed by atoms with Crippen LogP contribution in [0.1, 0.15) is 23.2 Å². The van der Waals surface area contributed by atoms with Crippen molar-refractivity contribution in [2.24, 2.45) is 5.92 Å². The number of para-hydroxylation sites is 1. The molecular formula is C16H20N2O2. The summed E-state index contributed by atoms with van der Waals surface area (Å²) in [5.41, 5.74) is 0.693. The zero-order chi connectivity index (χ0) is 13.7. The van der Waals surface area contributed by atoms with Gasteiger partial charge in [-0.15, -0.1) is 0 Å². The van der Waals surface area contributed by atoms with Gasteiger partial charge in [0, 0.05) is 26.7 Å². The van der Waals surface area contributed by atoms with Gasteiger partial charge in [-0.3, -0.25) is 9.69 Å². The molecule has 2 heterocycles. The van der Waals surface area contributed by atoms with Crippen molar-refractivity contribution >= 4 is 5.91 Å². The highest BCUT2D eigenvalue weighted by Gasteiger charge is 2.43. The van der Waals surface area contributed by atoms with Crippen LogP contribution in [0.5, 0.6) is 5.75 Å². The fraction of sp³-hybridized carbons (Fsp3) is 0.562. The lowest BCUT2D eigenvalue weighted by Gasteiger charge is -2.25. The van der Waals surface area contributed by atoms with E-state index >= 15 is 0 Å². The highest BCUT2D eigenvalue weighted by Crippen LogP contribution is 2.34. The van der Waals surface area contributed by atoms with E-state index in [4.69, 9.17) is 4.74 Å². The molecule has 4 rings (SSSR count). The van der Waals surface area contributed by atoms with Gasteiger partial charge in [-0.05, 0) is 30.9 Å². The second-order valence-electron chi connectivity index (χ2n) is 6.30. The van der Waals surface area contributed by atoms with E-state index in [1.807, 2.05) is 36.2 Å². The van der Waals surface area contributed by atoms with Gasteiger partial charge in [-0.2, -0.15) is 0 Å². The molecule has 0 N–H and O–H groups in total. The van der Waals surface area contributed by atoms with Gasteiger partial charge in [0.05, 0.1) is 11.6 Å². The van der Waals surface area contributed by atoms with E-state index in [0.717, 1.165) is 24.8 Å². The predicted octanol–water partition coefficient (Wildman–Crippen LogP) is 1.61. The molecule has 3 aliphatic rings. The van der Waals surface area contributed by atoms with Gasteiger partial charge in [-0.1, -0.05) is 12.1 Å². The molecule has 1 aromatic carbocycles. The summed E-state index contributed by atoms with van der Waals surface area (Å²) in [4.78, 5) is 16.9. The lowest BCUT2D eigenvalue weighted by Crippen LogP contribution is -2.44. The van der Waals surface area contributed by atoms with Crippen molar-refractivity contribution in [1.29, 1.82) is 0 Å². The van der Waals surface area contributed by atoms with Crippen LogP contribution in [0.15, 0.2) is 24.3 Å². The van der Waals surface area contributed by atoms with Crippen LogP contribution in [0.25, 0.3) is 0 Å². The number of hydrogen-bond acceptors (Lipinski definition) is 3. The molecule has 0 radical (unpaired) electrons. The number of hydrogen-bond donors (Lipinski definition) is 0. The number of nitrogens with zero attached hydrogens (tertiary/aromatic N) is 2. The average molecular weight is 272 g/mol. The number of carbonyl (C=O) groups is 1. The number of likely N-dealkylation sites (N-methyl/N-ethyl adjacent to an activating group) is 1. The number of carbonyl (C=O) groups excluding carboxylic acids is 1. The van der Waals surface area contributed by atoms with Crippen LogP contribution < -0.4 is 4.74 Å². The van der Waals surface area contributed by atoms with Crippen LogP contribution in [-0.2, 0) is 0 Å². The maximum Gasteiger partial charge on any atom is 0.257 e. The van der Waals surface area contributed by atoms with Crippen molar-refractivity contribution in [2.45, 2.75) is 25.0 Å². The van der Waals surface area contributed by atoms with Gasteiger partial charge in [0.15, 0.2) is 0 Å². The fourth-order valence-corrected chi connectivity index (χ4v) is 3.38. The van der Waals surface area contributed by atoms with Crippen molar-refractivity contribution in [1.82, 2.24) is 9.80 Å². The van der Waals surface area contributed by atoms with Crippen LogP contribution in [-0.4, -0.2) is 54.5 Å². The summed E-state index contributed by atoms with van der Waals surface area (Å²) in [7, 11) is 1.91. The lowest BCUT2D eigenvalue weighted by atomic mass is 10.1. The van der Waals surface area contributed by atoms with Crippen molar-refractivity contribution in [3.8, 4) is 5.75 Å². The smallest absolute Gasteiger partial charge is 0.257 e. The first-order valence-corrected chi connectivity index (χ1v) is 7.47. The molecule has 1 amide bonds. The van der Waals surface area contributed by atoms with E-state index in [1.165, 1.54) is 19.4 Å². The number of benzene rings is 1. The van der Waals surface area contributed by atoms with E-state index in [0.29, 0.717) is 5.56 Å². The van der Waals surface area contributed by atoms with Crippen LogP contribution >= 0.6 is 0 Å². The molecular weight excluding hydrogens is 252 g/mol. The molecule has 2 atom stereocenters. The Morgan fingerprint density at radius 3 is 2.85 bits per heavy atom. The highest BCUT2D eigenvalue weighted by atomic mass is 16.5. The number of rotatable bonds is 2. The van der Waals surface area contributed by atoms with Crippen LogP contribution in [0.2, 0.25) is 0 Å². The quantitative estimate of drug-likeness (QED) is 0.820. The highest BCUT2D eigenvalue weighted by molar-refractivity contribution is 5.97. The minimum Gasteiger partial charge on any atom is -0.486 e. The van der Waals surface area contributed by atoms with Crippen molar-refractivity contribution < 1.29 is 9.53 Å². The molecule has 20 heavy (non-hydrogen) atoms. The molecule has 1 saturated heterocycles. The second-order valence-corrected chi connectivity index (χ2v) is 6.30. The molecule has 0 bridgehead atoms. The van der Waals surface area contributed by atoms with Gasteiger partial charge in [-0.25, -0.2) is 0 Å². The summed E-state index contributed by atoms with van der Waals surface area (Å²) < 4.78 is 6.15. The van der Waals surface area contributed by atoms with E-state index in [1.54, 1.807) is 0 Å². The molecule has 2 aliphatic heterocycles. The van der Waals surface area contributed by atoms with E-state index in [9.17, 15) is 4.79 Å². The van der Waals surface area contributed by atoms with E-state index in [-0.39, 0.29) is 18.1 Å². The van der Waals surface area contributed by atoms with Gasteiger partial charge in [0.2, 0.25) is 0 Å². The fourth-order valence-electron chi connectivity index (χ4n) is 3.38. The van der Waals surface area contributed by atoms with E-state index < -0.39 is 0 Å². The average Bonchev–Trinajstić information content (AvgIpc) is 3.19. The summed E-state index contributed by atoms with van der Waals surface area (Å²) in [6.07, 6.45) is 2.83. The summed E-state index contributed by atoms with van der Waals surface area (Å²) in [6, 6.07) is 7.77. The first-order chi connectivity index (χ1) is 9.72. The Hall–Kier alpha value is -1.55. The molecule has 0 aromatic heterocycles. The molecule has 4 heteroatoms. The van der Waals surface area contributed by atoms with Crippen molar-refractivity contribution in [2.75, 3.05) is 26.7 Å². The summed E-state index contributed by atoms with van der Waals surface area (Å²) in [6.45, 7) is 3.05. The SMILES string of the molecule is CN1C(=O)c2ccccc2O[C@H]2CN(CC3CC3)C[C@H]21. The Labute approximate surface area is 119 Å². The summed E-state index contributed by atoms with van der Waals surface area (Å²) >= 11 is 0. The summed E-state index contributed by atoms with van der Waals surface area (Å²) in [5.74, 6) is 1.71. The van der Waals surface area contributed by atoms with Gasteiger partial charge in [0.25, 0.3) is 5.91 Å². The first kappa shape index (κ1) is 12.2. The van der Waals surface area contributed by atoms with Gasteiger partial charge >= 0.3 is 0 Å². The van der Waals surface area contributed by atoms with Crippen LogP contribution in [0.4, 0.5) is 0 Å². The number of fused-ring (bicyclic) bond motifs is 2. The largest absolute Gasteiger partial charge is 0.486 e. The first-order valence-electron chi connectivity index (χ1n) is 7.47. The molecule has 1 aromatic rings.